The first-order valence-corrected chi connectivity index (χ1v) is 9.41. The summed E-state index contributed by atoms with van der Waals surface area (Å²) in [5.41, 5.74) is 1.31. The molecule has 1 amide bonds. The standard InChI is InChI=1S/C20H30N2O3/c1-14(15-3-7-18(25-2)8-4-15)13-22-11-9-16(10-12-22)19(23)20(24)21-17-5-6-17/h3-4,7-8,14,16-17,19,23H,5-6,9-13H2,1-2H3,(H,21,24). The van der Waals surface area contributed by atoms with E-state index in [0.29, 0.717) is 12.0 Å². The third kappa shape index (κ3) is 4.95. The molecule has 1 heterocycles. The van der Waals surface area contributed by atoms with Crippen LogP contribution in [-0.2, 0) is 4.79 Å². The van der Waals surface area contributed by atoms with Gasteiger partial charge in [-0.2, -0.15) is 0 Å². The van der Waals surface area contributed by atoms with Gasteiger partial charge in [-0.25, -0.2) is 0 Å². The summed E-state index contributed by atoms with van der Waals surface area (Å²) in [7, 11) is 1.68. The second kappa shape index (κ2) is 8.19. The number of nitrogens with one attached hydrogen (secondary N) is 1. The van der Waals surface area contributed by atoms with Crippen molar-refractivity contribution in [1.82, 2.24) is 10.2 Å². The second-order valence-electron chi connectivity index (χ2n) is 7.54. The molecule has 0 spiro atoms. The SMILES string of the molecule is COc1ccc(C(C)CN2CCC(C(O)C(=O)NC3CC3)CC2)cc1. The highest BCUT2D eigenvalue weighted by Gasteiger charge is 2.33. The van der Waals surface area contributed by atoms with E-state index in [9.17, 15) is 9.90 Å². The van der Waals surface area contributed by atoms with Crippen molar-refractivity contribution < 1.29 is 14.6 Å². The number of likely N-dealkylation sites (tertiary alicyclic amines) is 1. The van der Waals surface area contributed by atoms with Crippen LogP contribution in [0.5, 0.6) is 5.75 Å². The predicted octanol–water partition coefficient (Wildman–Crippen LogP) is 2.15. The molecule has 2 N–H and O–H groups in total. The van der Waals surface area contributed by atoms with Gasteiger partial charge in [-0.3, -0.25) is 4.79 Å². The van der Waals surface area contributed by atoms with Crippen LogP contribution in [0.25, 0.3) is 0 Å². The van der Waals surface area contributed by atoms with Crippen LogP contribution in [-0.4, -0.2) is 54.8 Å². The molecule has 1 aromatic rings. The van der Waals surface area contributed by atoms with E-state index in [-0.39, 0.29) is 11.8 Å². The average molecular weight is 346 g/mol. The fourth-order valence-corrected chi connectivity index (χ4v) is 3.60. The molecule has 1 aliphatic heterocycles. The number of benzene rings is 1. The Morgan fingerprint density at radius 1 is 1.24 bits per heavy atom. The molecule has 0 aromatic heterocycles. The number of hydrogen-bond donors (Lipinski definition) is 2. The first-order chi connectivity index (χ1) is 12.1. The number of amides is 1. The largest absolute Gasteiger partial charge is 0.497 e. The molecule has 1 aliphatic carbocycles. The number of piperidine rings is 1. The van der Waals surface area contributed by atoms with E-state index in [1.807, 2.05) is 12.1 Å². The maximum absolute atomic E-state index is 12.0. The maximum Gasteiger partial charge on any atom is 0.249 e. The Morgan fingerprint density at radius 2 is 1.88 bits per heavy atom. The van der Waals surface area contributed by atoms with Crippen LogP contribution >= 0.6 is 0 Å². The minimum absolute atomic E-state index is 0.0892. The van der Waals surface area contributed by atoms with Gasteiger partial charge in [0, 0.05) is 12.6 Å². The van der Waals surface area contributed by atoms with Crippen LogP contribution in [0.4, 0.5) is 0 Å². The van der Waals surface area contributed by atoms with Gasteiger partial charge in [0.25, 0.3) is 0 Å². The van der Waals surface area contributed by atoms with Crippen LogP contribution in [0.15, 0.2) is 24.3 Å². The molecule has 2 atom stereocenters. The number of aliphatic hydroxyl groups excluding tert-OH is 1. The Bertz CT molecular complexity index is 563. The van der Waals surface area contributed by atoms with Crippen molar-refractivity contribution in [3.63, 3.8) is 0 Å². The molecule has 3 rings (SSSR count). The lowest BCUT2D eigenvalue weighted by atomic mass is 9.90. The van der Waals surface area contributed by atoms with Crippen LogP contribution in [0.1, 0.15) is 44.1 Å². The lowest BCUT2D eigenvalue weighted by Gasteiger charge is -2.35. The highest BCUT2D eigenvalue weighted by atomic mass is 16.5. The third-order valence-electron chi connectivity index (χ3n) is 5.49. The van der Waals surface area contributed by atoms with E-state index in [4.69, 9.17) is 4.74 Å². The third-order valence-corrected chi connectivity index (χ3v) is 5.49. The van der Waals surface area contributed by atoms with Crippen LogP contribution in [0.2, 0.25) is 0 Å². The van der Waals surface area contributed by atoms with Crippen molar-refractivity contribution in [2.45, 2.75) is 50.7 Å². The van der Waals surface area contributed by atoms with E-state index in [1.165, 1.54) is 5.56 Å². The summed E-state index contributed by atoms with van der Waals surface area (Å²) in [5.74, 6) is 1.25. The molecule has 0 bridgehead atoms. The van der Waals surface area contributed by atoms with E-state index in [1.54, 1.807) is 7.11 Å². The van der Waals surface area contributed by atoms with E-state index in [0.717, 1.165) is 51.1 Å². The van der Waals surface area contributed by atoms with Gasteiger partial charge in [-0.1, -0.05) is 19.1 Å². The molecule has 2 unspecified atom stereocenters. The van der Waals surface area contributed by atoms with Crippen molar-refractivity contribution >= 4 is 5.91 Å². The van der Waals surface area contributed by atoms with Crippen molar-refractivity contribution in [2.75, 3.05) is 26.7 Å². The fourth-order valence-electron chi connectivity index (χ4n) is 3.60. The molecular formula is C20H30N2O3. The van der Waals surface area contributed by atoms with Gasteiger partial charge in [0.1, 0.15) is 11.9 Å². The minimum atomic E-state index is -0.846. The fraction of sp³-hybridized carbons (Fsp3) is 0.650. The molecular weight excluding hydrogens is 316 g/mol. The molecule has 1 saturated carbocycles. The van der Waals surface area contributed by atoms with Gasteiger partial charge in [0.2, 0.25) is 5.91 Å². The molecule has 25 heavy (non-hydrogen) atoms. The number of nitrogens with zero attached hydrogens (tertiary/aromatic N) is 1. The van der Waals surface area contributed by atoms with E-state index < -0.39 is 6.10 Å². The molecule has 2 fully saturated rings. The van der Waals surface area contributed by atoms with Gasteiger partial charge < -0.3 is 20.1 Å². The van der Waals surface area contributed by atoms with Crippen LogP contribution in [0.3, 0.4) is 0 Å². The number of ether oxygens (including phenoxy) is 1. The van der Waals surface area contributed by atoms with Gasteiger partial charge in [-0.05, 0) is 68.3 Å². The summed E-state index contributed by atoms with van der Waals surface area (Å²) in [4.78, 5) is 14.4. The first-order valence-electron chi connectivity index (χ1n) is 9.41. The number of carbonyl (C=O) groups is 1. The number of hydrogen-bond acceptors (Lipinski definition) is 4. The van der Waals surface area contributed by atoms with Crippen molar-refractivity contribution in [3.8, 4) is 5.75 Å². The Hall–Kier alpha value is -1.59. The Kier molecular flexibility index (Phi) is 5.97. The van der Waals surface area contributed by atoms with Crippen molar-refractivity contribution in [1.29, 1.82) is 0 Å². The smallest absolute Gasteiger partial charge is 0.249 e. The number of carbonyl (C=O) groups excluding carboxylic acids is 1. The normalized spacial score (nSPS) is 21.6. The van der Waals surface area contributed by atoms with E-state index >= 15 is 0 Å². The van der Waals surface area contributed by atoms with Crippen molar-refractivity contribution in [3.05, 3.63) is 29.8 Å². The lowest BCUT2D eigenvalue weighted by Crippen LogP contribution is -2.45. The van der Waals surface area contributed by atoms with Gasteiger partial charge in [0.05, 0.1) is 7.11 Å². The lowest BCUT2D eigenvalue weighted by molar-refractivity contribution is -0.133. The number of methoxy groups -OCH3 is 1. The topological polar surface area (TPSA) is 61.8 Å². The Morgan fingerprint density at radius 3 is 2.44 bits per heavy atom. The Labute approximate surface area is 150 Å². The van der Waals surface area contributed by atoms with Gasteiger partial charge >= 0.3 is 0 Å². The summed E-state index contributed by atoms with van der Waals surface area (Å²) in [5, 5.41) is 13.2. The zero-order chi connectivity index (χ0) is 17.8. The van der Waals surface area contributed by atoms with E-state index in [2.05, 4.69) is 29.3 Å². The van der Waals surface area contributed by atoms with Crippen molar-refractivity contribution in [2.24, 2.45) is 5.92 Å². The zero-order valence-corrected chi connectivity index (χ0v) is 15.3. The highest BCUT2D eigenvalue weighted by Crippen LogP contribution is 2.26. The molecule has 1 saturated heterocycles. The summed E-state index contributed by atoms with van der Waals surface area (Å²) >= 11 is 0. The first kappa shape index (κ1) is 18.2. The molecule has 1 aromatic carbocycles. The zero-order valence-electron chi connectivity index (χ0n) is 15.3. The predicted molar refractivity (Wildman–Crippen MR) is 97.7 cm³/mol. The van der Waals surface area contributed by atoms with Gasteiger partial charge in [0.15, 0.2) is 0 Å². The summed E-state index contributed by atoms with van der Waals surface area (Å²) in [6, 6.07) is 8.58. The molecule has 0 radical (unpaired) electrons. The minimum Gasteiger partial charge on any atom is -0.497 e. The second-order valence-corrected chi connectivity index (χ2v) is 7.54. The summed E-state index contributed by atoms with van der Waals surface area (Å²) in [6.07, 6.45) is 3.03. The molecule has 5 nitrogen and oxygen atoms in total. The molecule has 2 aliphatic rings. The number of rotatable bonds is 7. The average Bonchev–Trinajstić information content (AvgIpc) is 3.45. The monoisotopic (exact) mass is 346 g/mol. The van der Waals surface area contributed by atoms with Gasteiger partial charge in [-0.15, -0.1) is 0 Å². The molecule has 5 heteroatoms. The van der Waals surface area contributed by atoms with Crippen LogP contribution in [0, 0.1) is 5.92 Å². The Balaban J connectivity index is 1.44. The highest BCUT2D eigenvalue weighted by molar-refractivity contribution is 5.81. The van der Waals surface area contributed by atoms with Crippen LogP contribution < -0.4 is 10.1 Å². The summed E-state index contributed by atoms with van der Waals surface area (Å²) in [6.45, 7) is 5.13. The summed E-state index contributed by atoms with van der Waals surface area (Å²) < 4.78 is 5.21. The maximum atomic E-state index is 12.0. The molecule has 138 valence electrons. The number of aliphatic hydroxyl groups is 1. The quantitative estimate of drug-likeness (QED) is 0.794.